The SMILES string of the molecule is CC(C)C[C@H](C(=O)O)c1cc(-c2ccc(C(F)(F)F)cc2)cc(-c2cc(C(F)(F)F)cc(C(F)(F)F)c2)c1. The van der Waals surface area contributed by atoms with Gasteiger partial charge in [0.05, 0.1) is 22.6 Å². The Morgan fingerprint density at radius 2 is 1.05 bits per heavy atom. The summed E-state index contributed by atoms with van der Waals surface area (Å²) in [6.45, 7) is 3.47. The lowest BCUT2D eigenvalue weighted by molar-refractivity contribution is -0.143. The van der Waals surface area contributed by atoms with Gasteiger partial charge in [0, 0.05) is 0 Å². The van der Waals surface area contributed by atoms with Crippen molar-refractivity contribution in [1.29, 1.82) is 0 Å². The molecule has 0 aliphatic heterocycles. The number of hydrogen-bond donors (Lipinski definition) is 1. The fourth-order valence-electron chi connectivity index (χ4n) is 4.01. The molecule has 0 aromatic heterocycles. The summed E-state index contributed by atoms with van der Waals surface area (Å²) in [6, 6.07) is 8.53. The fraction of sp³-hybridized carbons (Fsp3) is 0.296. The summed E-state index contributed by atoms with van der Waals surface area (Å²) in [4.78, 5) is 12.0. The molecule has 0 radical (unpaired) electrons. The Morgan fingerprint density at radius 1 is 0.632 bits per heavy atom. The van der Waals surface area contributed by atoms with E-state index in [0.717, 1.165) is 24.3 Å². The van der Waals surface area contributed by atoms with Crippen LogP contribution in [0.1, 0.15) is 48.4 Å². The highest BCUT2D eigenvalue weighted by Crippen LogP contribution is 2.41. The lowest BCUT2D eigenvalue weighted by Gasteiger charge is -2.19. The molecule has 3 rings (SSSR count). The van der Waals surface area contributed by atoms with Crippen LogP contribution in [0.2, 0.25) is 0 Å². The molecule has 204 valence electrons. The molecule has 38 heavy (non-hydrogen) atoms. The minimum atomic E-state index is -5.11. The number of rotatable bonds is 6. The second kappa shape index (κ2) is 10.3. The second-order valence-corrected chi connectivity index (χ2v) is 9.23. The van der Waals surface area contributed by atoms with Crippen LogP contribution in [-0.4, -0.2) is 11.1 Å². The van der Waals surface area contributed by atoms with Crippen molar-refractivity contribution >= 4 is 5.97 Å². The van der Waals surface area contributed by atoms with Gasteiger partial charge in [-0.1, -0.05) is 38.1 Å². The average molecular weight is 548 g/mol. The van der Waals surface area contributed by atoms with Crippen molar-refractivity contribution in [3.8, 4) is 22.3 Å². The van der Waals surface area contributed by atoms with Gasteiger partial charge in [-0.25, -0.2) is 0 Å². The summed E-state index contributed by atoms with van der Waals surface area (Å²) in [7, 11) is 0. The Bertz CT molecular complexity index is 1270. The van der Waals surface area contributed by atoms with E-state index in [1.807, 2.05) is 0 Å². The van der Waals surface area contributed by atoms with Crippen LogP contribution in [0.25, 0.3) is 22.3 Å². The summed E-state index contributed by atoms with van der Waals surface area (Å²) in [6.07, 6.45) is -14.7. The minimum absolute atomic E-state index is 0.0249. The zero-order valence-electron chi connectivity index (χ0n) is 19.9. The molecule has 0 aliphatic carbocycles. The predicted molar refractivity (Wildman–Crippen MR) is 122 cm³/mol. The van der Waals surface area contributed by atoms with Crippen LogP contribution < -0.4 is 0 Å². The standard InChI is InChI=1S/C27H21F9O2/c1-14(2)7-23(24(37)38)19-9-16(15-3-5-20(6-4-15)25(28,29)30)8-17(10-19)18-11-21(26(31,32)33)13-22(12-18)27(34,35)36/h3-6,8-14,23H,7H2,1-2H3,(H,37,38)/t23-/m0/s1. The highest BCUT2D eigenvalue weighted by molar-refractivity contribution is 5.81. The maximum Gasteiger partial charge on any atom is 0.416 e. The summed E-state index contributed by atoms with van der Waals surface area (Å²) < 4.78 is 120. The molecule has 0 spiro atoms. The molecule has 0 saturated heterocycles. The van der Waals surface area contributed by atoms with Crippen molar-refractivity contribution in [3.63, 3.8) is 0 Å². The molecule has 0 fully saturated rings. The molecule has 0 aliphatic rings. The summed E-state index contributed by atoms with van der Waals surface area (Å²) in [5, 5.41) is 9.80. The van der Waals surface area contributed by atoms with Crippen LogP contribution in [0.3, 0.4) is 0 Å². The zero-order valence-corrected chi connectivity index (χ0v) is 19.9. The van der Waals surface area contributed by atoms with E-state index in [0.29, 0.717) is 12.1 Å². The van der Waals surface area contributed by atoms with Crippen molar-refractivity contribution in [2.24, 2.45) is 5.92 Å². The van der Waals surface area contributed by atoms with Crippen LogP contribution in [-0.2, 0) is 23.3 Å². The molecule has 0 heterocycles. The number of halogens is 9. The molecule has 0 saturated carbocycles. The quantitative estimate of drug-likeness (QED) is 0.312. The first-order valence-corrected chi connectivity index (χ1v) is 11.2. The molecular formula is C27H21F9O2. The van der Waals surface area contributed by atoms with Crippen LogP contribution in [0.15, 0.2) is 60.7 Å². The smallest absolute Gasteiger partial charge is 0.416 e. The van der Waals surface area contributed by atoms with Crippen LogP contribution in [0, 0.1) is 5.92 Å². The molecular weight excluding hydrogens is 527 g/mol. The molecule has 3 aromatic carbocycles. The van der Waals surface area contributed by atoms with Crippen LogP contribution in [0.5, 0.6) is 0 Å². The summed E-state index contributed by atoms with van der Waals surface area (Å²) in [5.41, 5.74) is -4.32. The van der Waals surface area contributed by atoms with Crippen molar-refractivity contribution in [1.82, 2.24) is 0 Å². The van der Waals surface area contributed by atoms with E-state index >= 15 is 0 Å². The normalized spacial score (nSPS) is 13.6. The van der Waals surface area contributed by atoms with Gasteiger partial charge in [0.2, 0.25) is 0 Å². The third kappa shape index (κ3) is 6.87. The first kappa shape index (κ1) is 29.1. The van der Waals surface area contributed by atoms with Gasteiger partial charge in [0.15, 0.2) is 0 Å². The number of carbonyl (C=O) groups is 1. The first-order chi connectivity index (χ1) is 17.4. The lowest BCUT2D eigenvalue weighted by Crippen LogP contribution is -2.14. The van der Waals surface area contributed by atoms with Gasteiger partial charge in [-0.15, -0.1) is 0 Å². The molecule has 1 N–H and O–H groups in total. The lowest BCUT2D eigenvalue weighted by atomic mass is 9.86. The monoisotopic (exact) mass is 548 g/mol. The largest absolute Gasteiger partial charge is 0.481 e. The van der Waals surface area contributed by atoms with Gasteiger partial charge < -0.3 is 5.11 Å². The average Bonchev–Trinajstić information content (AvgIpc) is 2.80. The van der Waals surface area contributed by atoms with Crippen molar-refractivity contribution in [3.05, 3.63) is 82.9 Å². The van der Waals surface area contributed by atoms with E-state index in [1.54, 1.807) is 13.8 Å². The number of carboxylic acid groups (broad SMARTS) is 1. The van der Waals surface area contributed by atoms with E-state index in [1.165, 1.54) is 18.2 Å². The molecule has 0 amide bonds. The summed E-state index contributed by atoms with van der Waals surface area (Å²) in [5.74, 6) is -2.58. The number of benzene rings is 3. The molecule has 1 atom stereocenters. The Kier molecular flexibility index (Phi) is 7.91. The van der Waals surface area contributed by atoms with Crippen LogP contribution >= 0.6 is 0 Å². The van der Waals surface area contributed by atoms with Gasteiger partial charge in [0.1, 0.15) is 0 Å². The van der Waals surface area contributed by atoms with Gasteiger partial charge in [-0.05, 0) is 76.6 Å². The maximum absolute atomic E-state index is 13.4. The van der Waals surface area contributed by atoms with Crippen molar-refractivity contribution in [2.45, 2.75) is 44.7 Å². The van der Waals surface area contributed by atoms with E-state index in [4.69, 9.17) is 0 Å². The number of hydrogen-bond acceptors (Lipinski definition) is 1. The zero-order chi connectivity index (χ0) is 28.6. The number of aliphatic carboxylic acids is 1. The molecule has 0 unspecified atom stereocenters. The molecule has 2 nitrogen and oxygen atoms in total. The van der Waals surface area contributed by atoms with E-state index in [9.17, 15) is 49.4 Å². The third-order valence-corrected chi connectivity index (χ3v) is 5.83. The number of alkyl halides is 9. The Hall–Kier alpha value is -3.50. The number of carboxylic acids is 1. The highest BCUT2D eigenvalue weighted by Gasteiger charge is 2.37. The fourth-order valence-corrected chi connectivity index (χ4v) is 4.01. The van der Waals surface area contributed by atoms with Gasteiger partial charge in [-0.3, -0.25) is 4.79 Å². The molecule has 0 bridgehead atoms. The third-order valence-electron chi connectivity index (χ3n) is 5.83. The van der Waals surface area contributed by atoms with Gasteiger partial charge in [0.25, 0.3) is 0 Å². The van der Waals surface area contributed by atoms with Crippen LogP contribution in [0.4, 0.5) is 39.5 Å². The second-order valence-electron chi connectivity index (χ2n) is 9.23. The maximum atomic E-state index is 13.4. The Morgan fingerprint density at radius 3 is 1.45 bits per heavy atom. The molecule has 3 aromatic rings. The van der Waals surface area contributed by atoms with Crippen molar-refractivity contribution < 1.29 is 49.4 Å². The Labute approximate surface area is 211 Å². The van der Waals surface area contributed by atoms with Gasteiger partial charge in [-0.2, -0.15) is 39.5 Å². The molecule has 11 heteroatoms. The highest BCUT2D eigenvalue weighted by atomic mass is 19.4. The van der Waals surface area contributed by atoms with Gasteiger partial charge >= 0.3 is 24.5 Å². The first-order valence-electron chi connectivity index (χ1n) is 11.2. The van der Waals surface area contributed by atoms with E-state index in [2.05, 4.69) is 0 Å². The topological polar surface area (TPSA) is 37.3 Å². The van der Waals surface area contributed by atoms with E-state index < -0.39 is 52.7 Å². The Balaban J connectivity index is 2.30. The minimum Gasteiger partial charge on any atom is -0.481 e. The van der Waals surface area contributed by atoms with E-state index in [-0.39, 0.29) is 40.7 Å². The van der Waals surface area contributed by atoms with Crippen molar-refractivity contribution in [2.75, 3.05) is 0 Å². The summed E-state index contributed by atoms with van der Waals surface area (Å²) >= 11 is 0. The predicted octanol–water partition coefficient (Wildman–Crippen LogP) is 9.29.